The van der Waals surface area contributed by atoms with Crippen molar-refractivity contribution in [1.82, 2.24) is 14.9 Å². The minimum Gasteiger partial charge on any atom is -0.462 e. The van der Waals surface area contributed by atoms with Crippen molar-refractivity contribution >= 4 is 33.2 Å². The van der Waals surface area contributed by atoms with Crippen molar-refractivity contribution in [3.63, 3.8) is 0 Å². The molecule has 0 radical (unpaired) electrons. The number of ether oxygens (including phenoxy) is 1. The first-order valence-electron chi connectivity index (χ1n) is 11.0. The van der Waals surface area contributed by atoms with Gasteiger partial charge in [-0.15, -0.1) is 11.3 Å². The van der Waals surface area contributed by atoms with E-state index in [-0.39, 0.29) is 18.2 Å². The second-order valence-corrected chi connectivity index (χ2v) is 9.15. The maximum Gasteiger partial charge on any atom is 0.416 e. The van der Waals surface area contributed by atoms with Gasteiger partial charge in [-0.25, -0.2) is 9.78 Å². The van der Waals surface area contributed by atoms with E-state index in [9.17, 15) is 22.8 Å². The normalized spacial score (nSPS) is 16.1. The van der Waals surface area contributed by atoms with Crippen LogP contribution in [0.5, 0.6) is 0 Å². The lowest BCUT2D eigenvalue weighted by atomic mass is 10.1. The Balaban J connectivity index is 1.51. The highest BCUT2D eigenvalue weighted by Gasteiger charge is 2.31. The minimum atomic E-state index is -4.38. The van der Waals surface area contributed by atoms with Crippen LogP contribution < -0.4 is 10.5 Å². The Hall–Kier alpha value is -2.92. The van der Waals surface area contributed by atoms with Gasteiger partial charge < -0.3 is 14.6 Å². The van der Waals surface area contributed by atoms with Crippen LogP contribution >= 0.6 is 11.3 Å². The number of benzene rings is 1. The van der Waals surface area contributed by atoms with Gasteiger partial charge in [0.05, 0.1) is 23.6 Å². The average Bonchev–Trinajstić information content (AvgIpc) is 3.15. The monoisotopic (exact) mass is 494 g/mol. The van der Waals surface area contributed by atoms with E-state index in [2.05, 4.69) is 14.9 Å². The molecule has 11 heteroatoms. The maximum atomic E-state index is 13.1. The topological polar surface area (TPSA) is 78.5 Å². The third-order valence-electron chi connectivity index (χ3n) is 6.08. The molecule has 34 heavy (non-hydrogen) atoms. The molecule has 1 aromatic carbocycles. The van der Waals surface area contributed by atoms with Gasteiger partial charge in [0.15, 0.2) is 0 Å². The Morgan fingerprint density at radius 3 is 2.62 bits per heavy atom. The van der Waals surface area contributed by atoms with Crippen LogP contribution in [0.2, 0.25) is 0 Å². The van der Waals surface area contributed by atoms with Gasteiger partial charge in [-0.3, -0.25) is 9.69 Å². The lowest BCUT2D eigenvalue weighted by Gasteiger charge is -2.38. The van der Waals surface area contributed by atoms with Crippen molar-refractivity contribution in [2.24, 2.45) is 0 Å². The number of hydrogen-bond donors (Lipinski definition) is 1. The van der Waals surface area contributed by atoms with Crippen molar-refractivity contribution in [2.45, 2.75) is 33.0 Å². The Labute approximate surface area is 198 Å². The summed E-state index contributed by atoms with van der Waals surface area (Å²) in [5.74, 6) is 0.0180. The molecule has 1 fully saturated rings. The first-order valence-corrected chi connectivity index (χ1v) is 11.8. The van der Waals surface area contributed by atoms with Crippen LogP contribution in [0.25, 0.3) is 10.2 Å². The molecule has 182 valence electrons. The van der Waals surface area contributed by atoms with Crippen LogP contribution in [0.1, 0.15) is 46.5 Å². The van der Waals surface area contributed by atoms with Gasteiger partial charge in [0.1, 0.15) is 15.5 Å². The predicted octanol–water partition coefficient (Wildman–Crippen LogP) is 4.37. The molecular formula is C23H25F3N4O3S. The summed E-state index contributed by atoms with van der Waals surface area (Å²) in [4.78, 5) is 37.4. The summed E-state index contributed by atoms with van der Waals surface area (Å²) >= 11 is 1.14. The van der Waals surface area contributed by atoms with Gasteiger partial charge in [0, 0.05) is 31.9 Å². The van der Waals surface area contributed by atoms with E-state index in [1.165, 1.54) is 12.1 Å². The number of rotatable bonds is 5. The molecule has 0 amide bonds. The second kappa shape index (κ2) is 9.38. The Morgan fingerprint density at radius 1 is 1.26 bits per heavy atom. The highest BCUT2D eigenvalue weighted by atomic mass is 32.1. The van der Waals surface area contributed by atoms with Crippen molar-refractivity contribution < 1.29 is 22.7 Å². The van der Waals surface area contributed by atoms with Gasteiger partial charge in [-0.05, 0) is 44.5 Å². The number of piperazine rings is 1. The van der Waals surface area contributed by atoms with Gasteiger partial charge in [0.25, 0.3) is 5.56 Å². The third kappa shape index (κ3) is 4.67. The molecule has 0 bridgehead atoms. The van der Waals surface area contributed by atoms with Crippen LogP contribution in [-0.4, -0.2) is 53.6 Å². The zero-order valence-corrected chi connectivity index (χ0v) is 19.8. The maximum absolute atomic E-state index is 13.1. The lowest BCUT2D eigenvalue weighted by molar-refractivity contribution is -0.137. The number of halogens is 3. The lowest BCUT2D eigenvalue weighted by Crippen LogP contribution is -2.47. The molecule has 4 rings (SSSR count). The molecule has 0 spiro atoms. The van der Waals surface area contributed by atoms with E-state index in [0.717, 1.165) is 17.4 Å². The fourth-order valence-corrected chi connectivity index (χ4v) is 5.25. The van der Waals surface area contributed by atoms with Gasteiger partial charge in [-0.1, -0.05) is 6.07 Å². The summed E-state index contributed by atoms with van der Waals surface area (Å²) in [5.41, 5.74) is 0.125. The zero-order valence-electron chi connectivity index (χ0n) is 19.0. The van der Waals surface area contributed by atoms with Crippen molar-refractivity contribution in [1.29, 1.82) is 0 Å². The molecule has 0 saturated carbocycles. The van der Waals surface area contributed by atoms with Crippen molar-refractivity contribution in [2.75, 3.05) is 37.7 Å². The highest BCUT2D eigenvalue weighted by Crippen LogP contribution is 2.33. The number of aromatic amines is 1. The number of nitrogens with zero attached hydrogens (tertiary/aromatic N) is 3. The standard InChI is InChI=1S/C23H25F3N4O3S/c1-4-33-22(32)18-13(2)17-20(31)27-19(28-21(17)34-18)14(3)29-8-10-30(11-9-29)16-7-5-6-15(12-16)23(24,25)26/h5-7,12,14H,4,8-11H2,1-3H3,(H,27,28,31). The molecule has 1 saturated heterocycles. The molecule has 2 aromatic heterocycles. The van der Waals surface area contributed by atoms with E-state index in [1.807, 2.05) is 11.8 Å². The average molecular weight is 495 g/mol. The summed E-state index contributed by atoms with van der Waals surface area (Å²) < 4.78 is 44.2. The zero-order chi connectivity index (χ0) is 24.6. The van der Waals surface area contributed by atoms with E-state index >= 15 is 0 Å². The summed E-state index contributed by atoms with van der Waals surface area (Å²) in [6.45, 7) is 7.87. The van der Waals surface area contributed by atoms with E-state index < -0.39 is 17.7 Å². The van der Waals surface area contributed by atoms with Gasteiger partial charge >= 0.3 is 12.1 Å². The van der Waals surface area contributed by atoms with Crippen LogP contribution in [-0.2, 0) is 10.9 Å². The number of anilines is 1. The van der Waals surface area contributed by atoms with Crippen molar-refractivity contribution in [3.8, 4) is 0 Å². The predicted molar refractivity (Wildman–Crippen MR) is 125 cm³/mol. The van der Waals surface area contributed by atoms with E-state index in [0.29, 0.717) is 58.3 Å². The number of H-pyrrole nitrogens is 1. The molecule has 0 aliphatic carbocycles. The molecule has 1 aliphatic heterocycles. The highest BCUT2D eigenvalue weighted by molar-refractivity contribution is 7.20. The first-order chi connectivity index (χ1) is 16.1. The third-order valence-corrected chi connectivity index (χ3v) is 7.24. The number of carbonyl (C=O) groups excluding carboxylic acids is 1. The number of hydrogen-bond acceptors (Lipinski definition) is 7. The Bertz CT molecular complexity index is 1260. The molecule has 7 nitrogen and oxygen atoms in total. The number of alkyl halides is 3. The second-order valence-electron chi connectivity index (χ2n) is 8.16. The molecule has 1 N–H and O–H groups in total. The first kappa shape index (κ1) is 24.2. The Morgan fingerprint density at radius 2 is 1.97 bits per heavy atom. The van der Waals surface area contributed by atoms with Crippen LogP contribution in [0.3, 0.4) is 0 Å². The number of aryl methyl sites for hydroxylation is 1. The van der Waals surface area contributed by atoms with Crippen LogP contribution in [0, 0.1) is 6.92 Å². The number of aromatic nitrogens is 2. The number of carbonyl (C=O) groups is 1. The van der Waals surface area contributed by atoms with E-state index in [4.69, 9.17) is 4.74 Å². The molecular weight excluding hydrogens is 469 g/mol. The van der Waals surface area contributed by atoms with Gasteiger partial charge in [-0.2, -0.15) is 13.2 Å². The van der Waals surface area contributed by atoms with Crippen molar-refractivity contribution in [3.05, 3.63) is 56.4 Å². The molecule has 1 atom stereocenters. The van der Waals surface area contributed by atoms with Crippen LogP contribution in [0.4, 0.5) is 18.9 Å². The number of fused-ring (bicyclic) bond motifs is 1. The molecule has 3 aromatic rings. The smallest absolute Gasteiger partial charge is 0.416 e. The van der Waals surface area contributed by atoms with E-state index in [1.54, 1.807) is 19.9 Å². The van der Waals surface area contributed by atoms with Crippen LogP contribution in [0.15, 0.2) is 29.1 Å². The largest absolute Gasteiger partial charge is 0.462 e. The minimum absolute atomic E-state index is 0.214. The molecule has 3 heterocycles. The molecule has 1 aliphatic rings. The fraction of sp³-hybridized carbons (Fsp3) is 0.435. The summed E-state index contributed by atoms with van der Waals surface area (Å²) in [6.07, 6.45) is -4.38. The summed E-state index contributed by atoms with van der Waals surface area (Å²) in [6, 6.07) is 5.13. The fourth-order valence-electron chi connectivity index (χ4n) is 4.17. The summed E-state index contributed by atoms with van der Waals surface area (Å²) in [7, 11) is 0. The molecule has 1 unspecified atom stereocenters. The number of thiophene rings is 1. The van der Waals surface area contributed by atoms with Gasteiger partial charge in [0.2, 0.25) is 0 Å². The number of esters is 1. The quantitative estimate of drug-likeness (QED) is 0.531. The Kier molecular flexibility index (Phi) is 6.68. The number of nitrogens with one attached hydrogen (secondary N) is 1. The summed E-state index contributed by atoms with van der Waals surface area (Å²) in [5, 5.41) is 0.387. The SMILES string of the molecule is CCOC(=O)c1sc2nc(C(C)N3CCN(c4cccc(C(F)(F)F)c4)CC3)[nH]c(=O)c2c1C.